The number of nitrogen functional groups attached to an aromatic ring is 1. The van der Waals surface area contributed by atoms with Gasteiger partial charge in [0, 0.05) is 6.07 Å². The number of carbonyl (C=O) groups is 1. The third kappa shape index (κ3) is 3.00. The number of hydrogen-bond donors (Lipinski definition) is 2. The average Bonchev–Trinajstić information content (AvgIpc) is 1.96. The Morgan fingerprint density at radius 2 is 2.06 bits per heavy atom. The Bertz CT molecular complexity index is 448. The molecule has 0 bridgehead atoms. The Morgan fingerprint density at radius 3 is 2.50 bits per heavy atom. The fourth-order valence-corrected chi connectivity index (χ4v) is 1.36. The van der Waals surface area contributed by atoms with Crippen LogP contribution in [0.15, 0.2) is 10.9 Å². The second kappa shape index (κ2) is 4.17. The number of aromatic amines is 1. The fourth-order valence-electron chi connectivity index (χ4n) is 1.08. The van der Waals surface area contributed by atoms with E-state index in [1.165, 1.54) is 0 Å². The van der Waals surface area contributed by atoms with Gasteiger partial charge in [0.15, 0.2) is 0 Å². The molecule has 88 valence electrons. The second-order valence-corrected chi connectivity index (χ2v) is 4.66. The molecule has 0 saturated heterocycles. The number of hydrogen-bond acceptors (Lipinski definition) is 4. The van der Waals surface area contributed by atoms with E-state index in [9.17, 15) is 9.59 Å². The maximum Gasteiger partial charge on any atom is 0.343 e. The van der Waals surface area contributed by atoms with Crippen LogP contribution in [-0.2, 0) is 4.74 Å². The Hall–Kier alpha value is -1.49. The van der Waals surface area contributed by atoms with Gasteiger partial charge >= 0.3 is 5.97 Å². The van der Waals surface area contributed by atoms with Crippen LogP contribution in [0.1, 0.15) is 31.1 Å². The summed E-state index contributed by atoms with van der Waals surface area (Å²) in [5, 5.41) is -0.112. The van der Waals surface area contributed by atoms with E-state index in [0.29, 0.717) is 0 Å². The third-order valence-corrected chi connectivity index (χ3v) is 1.91. The molecule has 0 radical (unpaired) electrons. The average molecular weight is 245 g/mol. The molecule has 0 aliphatic carbocycles. The van der Waals surface area contributed by atoms with Gasteiger partial charge in [0.25, 0.3) is 5.56 Å². The summed E-state index contributed by atoms with van der Waals surface area (Å²) in [6.07, 6.45) is 0. The third-order valence-electron chi connectivity index (χ3n) is 1.63. The highest BCUT2D eigenvalue weighted by atomic mass is 35.5. The fraction of sp³-hybridized carbons (Fsp3) is 0.400. The van der Waals surface area contributed by atoms with E-state index in [-0.39, 0.29) is 16.4 Å². The number of rotatable bonds is 1. The first-order valence-electron chi connectivity index (χ1n) is 4.62. The van der Waals surface area contributed by atoms with Gasteiger partial charge in [-0.1, -0.05) is 11.6 Å². The minimum Gasteiger partial charge on any atom is -0.456 e. The van der Waals surface area contributed by atoms with Crippen LogP contribution >= 0.6 is 11.6 Å². The first-order valence-corrected chi connectivity index (χ1v) is 5.00. The summed E-state index contributed by atoms with van der Waals surface area (Å²) in [7, 11) is 0. The molecule has 0 aliphatic rings. The predicted molar refractivity (Wildman–Crippen MR) is 61.7 cm³/mol. The van der Waals surface area contributed by atoms with Crippen molar-refractivity contribution in [2.75, 3.05) is 5.73 Å². The van der Waals surface area contributed by atoms with Gasteiger partial charge in [0.2, 0.25) is 0 Å². The van der Waals surface area contributed by atoms with Crippen molar-refractivity contribution in [2.24, 2.45) is 0 Å². The van der Waals surface area contributed by atoms with E-state index in [4.69, 9.17) is 22.1 Å². The number of nitrogens with one attached hydrogen (secondary N) is 1. The topological polar surface area (TPSA) is 85.2 Å². The lowest BCUT2D eigenvalue weighted by molar-refractivity contribution is 0.00706. The molecule has 1 heterocycles. The summed E-state index contributed by atoms with van der Waals surface area (Å²) in [4.78, 5) is 25.0. The molecule has 0 saturated carbocycles. The number of pyridine rings is 1. The van der Waals surface area contributed by atoms with Crippen molar-refractivity contribution in [3.05, 3.63) is 27.1 Å². The first-order chi connectivity index (χ1) is 7.20. The molecule has 3 N–H and O–H groups in total. The number of ether oxygens (including phenoxy) is 1. The van der Waals surface area contributed by atoms with Gasteiger partial charge in [-0.2, -0.15) is 0 Å². The molecule has 6 heteroatoms. The van der Waals surface area contributed by atoms with Crippen LogP contribution in [0.5, 0.6) is 0 Å². The summed E-state index contributed by atoms with van der Waals surface area (Å²) >= 11 is 5.72. The lowest BCUT2D eigenvalue weighted by Gasteiger charge is -2.20. The van der Waals surface area contributed by atoms with Crippen molar-refractivity contribution in [1.29, 1.82) is 0 Å². The predicted octanol–water partition coefficient (Wildman–Crippen LogP) is 1.57. The first kappa shape index (κ1) is 12.6. The Kier molecular flexibility index (Phi) is 3.28. The number of halogens is 1. The van der Waals surface area contributed by atoms with E-state index < -0.39 is 17.1 Å². The summed E-state index contributed by atoms with van der Waals surface area (Å²) in [5.74, 6) is -0.661. The summed E-state index contributed by atoms with van der Waals surface area (Å²) < 4.78 is 5.10. The molecule has 0 aliphatic heterocycles. The maximum absolute atomic E-state index is 11.7. The number of esters is 1. The molecular weight excluding hydrogens is 232 g/mol. The second-order valence-electron chi connectivity index (χ2n) is 4.28. The van der Waals surface area contributed by atoms with Crippen LogP contribution in [0.2, 0.25) is 5.15 Å². The molecule has 5 nitrogen and oxygen atoms in total. The highest BCUT2D eigenvalue weighted by Gasteiger charge is 2.22. The van der Waals surface area contributed by atoms with Crippen LogP contribution in [0.3, 0.4) is 0 Å². The van der Waals surface area contributed by atoms with Crippen molar-refractivity contribution in [1.82, 2.24) is 4.98 Å². The smallest absolute Gasteiger partial charge is 0.343 e. The summed E-state index contributed by atoms with van der Waals surface area (Å²) in [6.45, 7) is 5.17. The molecule has 0 spiro atoms. The molecule has 1 rings (SSSR count). The molecule has 0 aromatic carbocycles. The zero-order valence-electron chi connectivity index (χ0n) is 9.26. The Balaban J connectivity index is 3.15. The van der Waals surface area contributed by atoms with Gasteiger partial charge in [-0.05, 0) is 20.8 Å². The van der Waals surface area contributed by atoms with Crippen molar-refractivity contribution in [2.45, 2.75) is 26.4 Å². The number of carbonyl (C=O) groups excluding carboxylic acids is 1. The van der Waals surface area contributed by atoms with Gasteiger partial charge in [-0.3, -0.25) is 4.79 Å². The molecular formula is C10H13ClN2O3. The minimum absolute atomic E-state index is 0.00278. The standard InChI is InChI=1S/C10H13ClN2O3/c1-10(2,3)16-9(15)7-5(12)4-6(14)13-8(7)11/h4H,1-3H3,(H3,12,13,14). The van der Waals surface area contributed by atoms with E-state index >= 15 is 0 Å². The van der Waals surface area contributed by atoms with Crippen LogP contribution in [0.4, 0.5) is 5.69 Å². The molecule has 0 atom stereocenters. The SMILES string of the molecule is CC(C)(C)OC(=O)c1c(N)cc(=O)[nH]c1Cl. The highest BCUT2D eigenvalue weighted by molar-refractivity contribution is 6.33. The largest absolute Gasteiger partial charge is 0.456 e. The normalized spacial score (nSPS) is 11.2. The summed E-state index contributed by atoms with van der Waals surface area (Å²) in [5.41, 5.74) is 4.41. The van der Waals surface area contributed by atoms with Gasteiger partial charge < -0.3 is 15.5 Å². The number of nitrogens with two attached hydrogens (primary N) is 1. The van der Waals surface area contributed by atoms with Crippen LogP contribution in [-0.4, -0.2) is 16.6 Å². The molecule has 1 aromatic rings. The molecule has 0 amide bonds. The van der Waals surface area contributed by atoms with E-state index in [2.05, 4.69) is 4.98 Å². The lowest BCUT2D eigenvalue weighted by Crippen LogP contribution is -2.25. The van der Waals surface area contributed by atoms with Crippen LogP contribution in [0.25, 0.3) is 0 Å². The van der Waals surface area contributed by atoms with Crippen molar-refractivity contribution in [3.63, 3.8) is 0 Å². The number of anilines is 1. The Morgan fingerprint density at radius 1 is 1.50 bits per heavy atom. The monoisotopic (exact) mass is 244 g/mol. The van der Waals surface area contributed by atoms with Crippen molar-refractivity contribution >= 4 is 23.3 Å². The minimum atomic E-state index is -0.661. The lowest BCUT2D eigenvalue weighted by atomic mass is 10.2. The van der Waals surface area contributed by atoms with E-state index in [1.54, 1.807) is 20.8 Å². The van der Waals surface area contributed by atoms with E-state index in [0.717, 1.165) is 6.07 Å². The number of H-pyrrole nitrogens is 1. The maximum atomic E-state index is 11.7. The molecule has 0 unspecified atom stereocenters. The van der Waals surface area contributed by atoms with Crippen molar-refractivity contribution < 1.29 is 9.53 Å². The van der Waals surface area contributed by atoms with Gasteiger partial charge in [-0.25, -0.2) is 4.79 Å². The number of aromatic nitrogens is 1. The van der Waals surface area contributed by atoms with Gasteiger partial charge in [0.1, 0.15) is 16.3 Å². The molecule has 16 heavy (non-hydrogen) atoms. The van der Waals surface area contributed by atoms with Gasteiger partial charge in [-0.15, -0.1) is 0 Å². The highest BCUT2D eigenvalue weighted by Crippen LogP contribution is 2.21. The Labute approximate surface area is 97.6 Å². The van der Waals surface area contributed by atoms with Crippen molar-refractivity contribution in [3.8, 4) is 0 Å². The van der Waals surface area contributed by atoms with E-state index in [1.807, 2.05) is 0 Å². The van der Waals surface area contributed by atoms with Crippen LogP contribution < -0.4 is 11.3 Å². The molecule has 0 fully saturated rings. The quantitative estimate of drug-likeness (QED) is 0.580. The van der Waals surface area contributed by atoms with Gasteiger partial charge in [0.05, 0.1) is 5.69 Å². The molecule has 1 aromatic heterocycles. The zero-order valence-corrected chi connectivity index (χ0v) is 10.0. The summed E-state index contributed by atoms with van der Waals surface area (Å²) in [6, 6.07) is 1.09. The van der Waals surface area contributed by atoms with Crippen LogP contribution in [0, 0.1) is 0 Å². The zero-order chi connectivity index (χ0) is 12.5.